The van der Waals surface area contributed by atoms with Gasteiger partial charge in [0.25, 0.3) is 0 Å². The Morgan fingerprint density at radius 1 is 0.594 bits per heavy atom. The van der Waals surface area contributed by atoms with Crippen molar-refractivity contribution in [3.05, 3.63) is 48.6 Å². The van der Waals surface area contributed by atoms with E-state index in [9.17, 15) is 33.1 Å². The number of aliphatic hydroxyl groups excluding tert-OH is 3. The van der Waals surface area contributed by atoms with E-state index in [-0.39, 0.29) is 19.6 Å². The molecule has 6 atom stereocenters. The predicted molar refractivity (Wildman–Crippen MR) is 257 cm³/mol. The molecule has 0 aromatic rings. The van der Waals surface area contributed by atoms with Gasteiger partial charge in [-0.15, -0.1) is 0 Å². The number of rotatable bonds is 44. The summed E-state index contributed by atoms with van der Waals surface area (Å²) < 4.78 is 59.1. The summed E-state index contributed by atoms with van der Waals surface area (Å²) in [5.74, 6) is -0.406. The van der Waals surface area contributed by atoms with Gasteiger partial charge in [0.05, 0.1) is 19.8 Å². The summed E-state index contributed by atoms with van der Waals surface area (Å²) in [6.07, 6.45) is 42.9. The molecule has 13 heteroatoms. The fourth-order valence-electron chi connectivity index (χ4n) is 7.54. The second-order valence-corrected chi connectivity index (χ2v) is 18.4. The van der Waals surface area contributed by atoms with Gasteiger partial charge in [-0.05, 0) is 70.6 Å². The normalized spacial score (nSPS) is 20.1. The standard InChI is InChI=1S/C51H92O12S/c1-3-5-7-9-11-13-15-17-18-19-20-21-22-23-24-25-26-27-28-29-30-32-34-36-38-40-47(53)61-45(43-59-41-39-37-35-33-31-16-14-12-10-8-6-4-2)44-60-51-49(55)50(63-64(56,57)58)48(54)46(42-52)62-51/h10,12,15,17,19-20,22-23,45-46,48-52,54-55H,3-9,11,13-14,16,18,21,24-44H2,1-2H3,(H,56,57,58)/b12-10-,17-15-,20-19-,23-22-. The maximum Gasteiger partial charge on any atom is 0.397 e. The summed E-state index contributed by atoms with van der Waals surface area (Å²) in [6, 6.07) is 0. The fourth-order valence-corrected chi connectivity index (χ4v) is 8.05. The van der Waals surface area contributed by atoms with Crippen molar-refractivity contribution >= 4 is 16.4 Å². The number of esters is 1. The van der Waals surface area contributed by atoms with E-state index in [0.29, 0.717) is 13.0 Å². The monoisotopic (exact) mass is 929 g/mol. The molecule has 0 aromatic heterocycles. The molecule has 1 heterocycles. The highest BCUT2D eigenvalue weighted by Gasteiger charge is 2.48. The minimum atomic E-state index is -5.06. The molecule has 1 fully saturated rings. The third kappa shape index (κ3) is 35.3. The van der Waals surface area contributed by atoms with Crippen molar-refractivity contribution in [3.8, 4) is 0 Å². The molecule has 64 heavy (non-hydrogen) atoms. The number of unbranched alkanes of at least 4 members (excludes halogenated alkanes) is 23. The van der Waals surface area contributed by atoms with Gasteiger partial charge in [0.15, 0.2) is 6.29 Å². The van der Waals surface area contributed by atoms with E-state index in [4.69, 9.17) is 18.9 Å². The lowest BCUT2D eigenvalue weighted by molar-refractivity contribution is -0.301. The zero-order chi connectivity index (χ0) is 46.8. The van der Waals surface area contributed by atoms with E-state index in [1.165, 1.54) is 109 Å². The Morgan fingerprint density at radius 3 is 1.56 bits per heavy atom. The van der Waals surface area contributed by atoms with Crippen LogP contribution in [0.5, 0.6) is 0 Å². The summed E-state index contributed by atoms with van der Waals surface area (Å²) >= 11 is 0. The van der Waals surface area contributed by atoms with Crippen molar-refractivity contribution in [1.82, 2.24) is 0 Å². The molecule has 374 valence electrons. The first-order chi connectivity index (χ1) is 31.1. The van der Waals surface area contributed by atoms with E-state index in [1.807, 2.05) is 0 Å². The van der Waals surface area contributed by atoms with Crippen molar-refractivity contribution in [2.24, 2.45) is 0 Å². The Bertz CT molecular complexity index is 1300. The third-order valence-corrected chi connectivity index (χ3v) is 11.9. The molecular formula is C51H92O12S. The smallest absolute Gasteiger partial charge is 0.397 e. The first-order valence-electron chi connectivity index (χ1n) is 25.4. The lowest BCUT2D eigenvalue weighted by atomic mass is 9.99. The second-order valence-electron chi connectivity index (χ2n) is 17.4. The third-order valence-electron chi connectivity index (χ3n) is 11.4. The van der Waals surface area contributed by atoms with Gasteiger partial charge in [-0.3, -0.25) is 9.35 Å². The van der Waals surface area contributed by atoms with Gasteiger partial charge < -0.3 is 34.3 Å². The van der Waals surface area contributed by atoms with Gasteiger partial charge >= 0.3 is 16.4 Å². The van der Waals surface area contributed by atoms with E-state index in [2.05, 4.69) is 66.6 Å². The maximum atomic E-state index is 12.9. The Hall–Kier alpha value is -1.94. The van der Waals surface area contributed by atoms with Crippen LogP contribution in [0.2, 0.25) is 0 Å². The highest BCUT2D eigenvalue weighted by Crippen LogP contribution is 2.26. The average molecular weight is 929 g/mol. The number of aliphatic hydroxyl groups is 3. The van der Waals surface area contributed by atoms with E-state index >= 15 is 0 Å². The van der Waals surface area contributed by atoms with Crippen LogP contribution in [0.25, 0.3) is 0 Å². The second kappa shape index (κ2) is 42.4. The van der Waals surface area contributed by atoms with Crippen LogP contribution in [0.1, 0.15) is 206 Å². The number of carbonyl (C=O) groups excluding carboxylic acids is 1. The molecule has 6 unspecified atom stereocenters. The topological polar surface area (TPSA) is 178 Å². The summed E-state index contributed by atoms with van der Waals surface area (Å²) in [7, 11) is -5.06. The Kier molecular flexibility index (Phi) is 39.8. The van der Waals surface area contributed by atoms with E-state index in [1.54, 1.807) is 0 Å². The zero-order valence-electron chi connectivity index (χ0n) is 40.1. The fraction of sp³-hybridized carbons (Fsp3) is 0.824. The van der Waals surface area contributed by atoms with Crippen molar-refractivity contribution in [1.29, 1.82) is 0 Å². The van der Waals surface area contributed by atoms with Crippen molar-refractivity contribution in [2.75, 3.05) is 26.4 Å². The minimum absolute atomic E-state index is 0.0296. The highest BCUT2D eigenvalue weighted by molar-refractivity contribution is 7.80. The lowest BCUT2D eigenvalue weighted by Crippen LogP contribution is -2.60. The molecule has 0 aromatic carbocycles. The predicted octanol–water partition coefficient (Wildman–Crippen LogP) is 11.5. The lowest BCUT2D eigenvalue weighted by Gasteiger charge is -2.41. The number of allylic oxidation sites excluding steroid dienone is 8. The number of ether oxygens (including phenoxy) is 4. The summed E-state index contributed by atoms with van der Waals surface area (Å²) in [5.41, 5.74) is 0. The molecule has 0 bridgehead atoms. The van der Waals surface area contributed by atoms with Crippen LogP contribution in [0.4, 0.5) is 0 Å². The number of hydrogen-bond donors (Lipinski definition) is 4. The van der Waals surface area contributed by atoms with Crippen molar-refractivity contribution in [3.63, 3.8) is 0 Å². The molecular weight excluding hydrogens is 837 g/mol. The molecule has 0 saturated carbocycles. The molecule has 0 amide bonds. The molecule has 1 rings (SSSR count). The Labute approximate surface area is 389 Å². The largest absolute Gasteiger partial charge is 0.457 e. The van der Waals surface area contributed by atoms with Gasteiger partial charge in [0.2, 0.25) is 0 Å². The average Bonchev–Trinajstić information content (AvgIpc) is 3.27. The quantitative estimate of drug-likeness (QED) is 0.0197. The SMILES string of the molecule is CCCC/C=C\CCCCCCCCOCC(COC1OC(CO)C(O)C(OS(=O)(=O)O)C1O)OC(=O)CCCCCCCCCCCC/C=C\C/C=C\C/C=C\CCCCCCC. The van der Waals surface area contributed by atoms with Crippen LogP contribution < -0.4 is 0 Å². The van der Waals surface area contributed by atoms with Gasteiger partial charge in [-0.25, -0.2) is 4.18 Å². The van der Waals surface area contributed by atoms with Gasteiger partial charge in [0.1, 0.15) is 30.5 Å². The van der Waals surface area contributed by atoms with Crippen LogP contribution in [-0.4, -0.2) is 97.5 Å². The van der Waals surface area contributed by atoms with Crippen LogP contribution in [0, 0.1) is 0 Å². The first kappa shape index (κ1) is 60.1. The molecule has 0 aliphatic carbocycles. The Morgan fingerprint density at radius 2 is 1.05 bits per heavy atom. The van der Waals surface area contributed by atoms with Gasteiger partial charge in [0, 0.05) is 13.0 Å². The van der Waals surface area contributed by atoms with Crippen LogP contribution in [-0.2, 0) is 38.3 Å². The van der Waals surface area contributed by atoms with Gasteiger partial charge in [-0.2, -0.15) is 8.42 Å². The molecule has 1 saturated heterocycles. The molecule has 12 nitrogen and oxygen atoms in total. The van der Waals surface area contributed by atoms with Crippen molar-refractivity contribution < 1.29 is 56.2 Å². The van der Waals surface area contributed by atoms with Crippen LogP contribution >= 0.6 is 0 Å². The van der Waals surface area contributed by atoms with Gasteiger partial charge in [-0.1, -0.05) is 178 Å². The Balaban J connectivity index is 2.32. The highest BCUT2D eigenvalue weighted by atomic mass is 32.3. The molecule has 0 spiro atoms. The number of hydrogen-bond acceptors (Lipinski definition) is 11. The molecule has 4 N–H and O–H groups in total. The van der Waals surface area contributed by atoms with Crippen LogP contribution in [0.3, 0.4) is 0 Å². The zero-order valence-corrected chi connectivity index (χ0v) is 40.9. The maximum absolute atomic E-state index is 12.9. The molecule has 0 radical (unpaired) electrons. The summed E-state index contributed by atoms with van der Waals surface area (Å²) in [6.45, 7) is 3.93. The summed E-state index contributed by atoms with van der Waals surface area (Å²) in [4.78, 5) is 12.9. The minimum Gasteiger partial charge on any atom is -0.457 e. The molecule has 1 aliphatic heterocycles. The first-order valence-corrected chi connectivity index (χ1v) is 26.8. The molecule has 1 aliphatic rings. The van der Waals surface area contributed by atoms with Crippen molar-refractivity contribution in [2.45, 2.75) is 243 Å². The summed E-state index contributed by atoms with van der Waals surface area (Å²) in [5, 5.41) is 30.7. The van der Waals surface area contributed by atoms with Crippen LogP contribution in [0.15, 0.2) is 48.6 Å². The number of carbonyl (C=O) groups is 1. The van der Waals surface area contributed by atoms with E-state index < -0.39 is 59.8 Å². The van der Waals surface area contributed by atoms with E-state index in [0.717, 1.165) is 70.6 Å².